The SMILES string of the molecule is CCl.Cc1cnn(CC2CC(c3ccccc3)(c3ccccc3)C(=O)O2)c1C. The lowest BCUT2D eigenvalue weighted by Gasteiger charge is -2.26. The number of hydrogen-bond donors (Lipinski definition) is 0. The predicted octanol–water partition coefficient (Wildman–Crippen LogP) is 4.66. The van der Waals surface area contributed by atoms with Crippen LogP contribution in [0.15, 0.2) is 66.9 Å². The standard InChI is InChI=1S/C22H22N2O2.CH3Cl/c1-16-14-23-24(17(16)2)15-20-13-22(21(25)26-20,18-9-5-3-6-10-18)19-11-7-4-8-12-19;1-2/h3-12,14,20H,13,15H2,1-2H3;1H3. The smallest absolute Gasteiger partial charge is 0.321 e. The van der Waals surface area contributed by atoms with Crippen LogP contribution in [0.1, 0.15) is 28.8 Å². The van der Waals surface area contributed by atoms with Crippen molar-refractivity contribution in [1.29, 1.82) is 0 Å². The molecule has 2 heterocycles. The lowest BCUT2D eigenvalue weighted by Crippen LogP contribution is -2.33. The van der Waals surface area contributed by atoms with Gasteiger partial charge in [0.05, 0.1) is 12.7 Å². The molecule has 1 aliphatic rings. The molecule has 5 heteroatoms. The molecule has 4 nitrogen and oxygen atoms in total. The first-order valence-electron chi connectivity index (χ1n) is 9.30. The summed E-state index contributed by atoms with van der Waals surface area (Å²) in [6.45, 7) is 4.66. The fraction of sp³-hybridized carbons (Fsp3) is 0.304. The molecule has 3 aromatic rings. The van der Waals surface area contributed by atoms with E-state index in [2.05, 4.69) is 16.7 Å². The fourth-order valence-electron chi connectivity index (χ4n) is 3.82. The second-order valence-electron chi connectivity index (χ2n) is 6.96. The molecule has 0 saturated carbocycles. The highest BCUT2D eigenvalue weighted by Crippen LogP contribution is 2.43. The Kier molecular flexibility index (Phi) is 6.20. The Morgan fingerprint density at radius 1 is 1.04 bits per heavy atom. The molecule has 1 fully saturated rings. The van der Waals surface area contributed by atoms with E-state index < -0.39 is 5.41 Å². The Balaban J connectivity index is 0.00000109. The van der Waals surface area contributed by atoms with Gasteiger partial charge >= 0.3 is 5.97 Å². The van der Waals surface area contributed by atoms with Gasteiger partial charge in [0.15, 0.2) is 0 Å². The number of carbonyl (C=O) groups is 1. The molecule has 1 aliphatic heterocycles. The molecule has 0 N–H and O–H groups in total. The number of alkyl halides is 1. The average Bonchev–Trinajstić information content (AvgIpc) is 3.25. The van der Waals surface area contributed by atoms with E-state index in [1.807, 2.05) is 85.4 Å². The van der Waals surface area contributed by atoms with Crippen LogP contribution in [-0.4, -0.2) is 28.2 Å². The number of nitrogens with zero attached hydrogens (tertiary/aromatic N) is 2. The molecule has 1 atom stereocenters. The van der Waals surface area contributed by atoms with Gasteiger partial charge in [0, 0.05) is 18.5 Å². The van der Waals surface area contributed by atoms with Crippen molar-refractivity contribution < 1.29 is 9.53 Å². The summed E-state index contributed by atoms with van der Waals surface area (Å²) in [6, 6.07) is 19.9. The van der Waals surface area contributed by atoms with E-state index in [9.17, 15) is 4.79 Å². The highest BCUT2D eigenvalue weighted by molar-refractivity contribution is 6.15. The quantitative estimate of drug-likeness (QED) is 0.476. The van der Waals surface area contributed by atoms with Gasteiger partial charge in [-0.2, -0.15) is 5.10 Å². The molecule has 146 valence electrons. The topological polar surface area (TPSA) is 44.1 Å². The average molecular weight is 397 g/mol. The van der Waals surface area contributed by atoms with Gasteiger partial charge in [-0.15, -0.1) is 11.6 Å². The maximum atomic E-state index is 13.1. The number of ether oxygens (including phenoxy) is 1. The largest absolute Gasteiger partial charge is 0.459 e. The Hall–Kier alpha value is -2.59. The van der Waals surface area contributed by atoms with Crippen molar-refractivity contribution in [3.8, 4) is 0 Å². The molecule has 0 radical (unpaired) electrons. The Bertz CT molecular complexity index is 883. The first kappa shape index (κ1) is 20.2. The maximum Gasteiger partial charge on any atom is 0.321 e. The van der Waals surface area contributed by atoms with Crippen LogP contribution in [0.5, 0.6) is 0 Å². The number of halogens is 1. The van der Waals surface area contributed by atoms with Crippen molar-refractivity contribution in [3.63, 3.8) is 0 Å². The van der Waals surface area contributed by atoms with Crippen LogP contribution in [-0.2, 0) is 21.5 Å². The van der Waals surface area contributed by atoms with Crippen molar-refractivity contribution in [2.45, 2.75) is 38.3 Å². The molecule has 0 spiro atoms. The summed E-state index contributed by atoms with van der Waals surface area (Å²) in [6.07, 6.45) is 3.73. The van der Waals surface area contributed by atoms with E-state index in [0.717, 1.165) is 22.4 Å². The minimum absolute atomic E-state index is 0.179. The van der Waals surface area contributed by atoms with Crippen LogP contribution in [0.4, 0.5) is 0 Å². The minimum atomic E-state index is -0.761. The van der Waals surface area contributed by atoms with Gasteiger partial charge in [-0.25, -0.2) is 0 Å². The van der Waals surface area contributed by atoms with Crippen molar-refractivity contribution in [3.05, 3.63) is 89.2 Å². The molecule has 28 heavy (non-hydrogen) atoms. The van der Waals surface area contributed by atoms with Crippen LogP contribution < -0.4 is 0 Å². The molecule has 0 amide bonds. The van der Waals surface area contributed by atoms with Crippen LogP contribution in [0.3, 0.4) is 0 Å². The van der Waals surface area contributed by atoms with E-state index in [1.165, 1.54) is 6.38 Å². The number of esters is 1. The van der Waals surface area contributed by atoms with Crippen molar-refractivity contribution >= 4 is 17.6 Å². The van der Waals surface area contributed by atoms with Gasteiger partial charge in [0.1, 0.15) is 11.5 Å². The number of aryl methyl sites for hydroxylation is 1. The number of benzene rings is 2. The normalized spacial score (nSPS) is 17.6. The zero-order chi connectivity index (χ0) is 20.1. The highest BCUT2D eigenvalue weighted by Gasteiger charge is 2.51. The lowest BCUT2D eigenvalue weighted by molar-refractivity contribution is -0.145. The molecular weight excluding hydrogens is 372 g/mol. The predicted molar refractivity (Wildman–Crippen MR) is 112 cm³/mol. The van der Waals surface area contributed by atoms with Crippen LogP contribution in [0.25, 0.3) is 0 Å². The molecular formula is C23H25ClN2O2. The monoisotopic (exact) mass is 396 g/mol. The number of cyclic esters (lactones) is 1. The van der Waals surface area contributed by atoms with Gasteiger partial charge in [-0.1, -0.05) is 60.7 Å². The highest BCUT2D eigenvalue weighted by atomic mass is 35.5. The molecule has 0 bridgehead atoms. The number of aromatic nitrogens is 2. The molecule has 2 aromatic carbocycles. The number of hydrogen-bond acceptors (Lipinski definition) is 3. The van der Waals surface area contributed by atoms with E-state index in [1.54, 1.807) is 0 Å². The first-order chi connectivity index (χ1) is 13.6. The van der Waals surface area contributed by atoms with E-state index >= 15 is 0 Å². The zero-order valence-corrected chi connectivity index (χ0v) is 17.2. The summed E-state index contributed by atoms with van der Waals surface area (Å²) in [5.74, 6) is -0.179. The summed E-state index contributed by atoms with van der Waals surface area (Å²) in [7, 11) is 0. The van der Waals surface area contributed by atoms with Crippen LogP contribution >= 0.6 is 11.6 Å². The Morgan fingerprint density at radius 3 is 2.04 bits per heavy atom. The van der Waals surface area contributed by atoms with E-state index in [-0.39, 0.29) is 12.1 Å². The molecule has 1 aromatic heterocycles. The van der Waals surface area contributed by atoms with E-state index in [4.69, 9.17) is 4.74 Å². The van der Waals surface area contributed by atoms with Crippen LogP contribution in [0, 0.1) is 13.8 Å². The summed E-state index contributed by atoms with van der Waals surface area (Å²) in [5.41, 5.74) is 3.45. The first-order valence-corrected chi connectivity index (χ1v) is 10.1. The molecule has 1 unspecified atom stereocenters. The summed E-state index contributed by atoms with van der Waals surface area (Å²) < 4.78 is 7.78. The number of rotatable bonds is 4. The second kappa shape index (κ2) is 8.61. The lowest BCUT2D eigenvalue weighted by atomic mass is 9.72. The third-order valence-electron chi connectivity index (χ3n) is 5.41. The van der Waals surface area contributed by atoms with Gasteiger partial charge in [0.25, 0.3) is 0 Å². The molecule has 1 saturated heterocycles. The maximum absolute atomic E-state index is 13.1. The van der Waals surface area contributed by atoms with Gasteiger partial charge in [0.2, 0.25) is 0 Å². The van der Waals surface area contributed by atoms with E-state index in [0.29, 0.717) is 13.0 Å². The van der Waals surface area contributed by atoms with Gasteiger partial charge in [-0.3, -0.25) is 9.48 Å². The third kappa shape index (κ3) is 3.57. The van der Waals surface area contributed by atoms with Crippen LogP contribution in [0.2, 0.25) is 0 Å². The minimum Gasteiger partial charge on any atom is -0.459 e. The zero-order valence-electron chi connectivity index (χ0n) is 16.4. The Labute approximate surface area is 171 Å². The van der Waals surface area contributed by atoms with Crippen molar-refractivity contribution in [1.82, 2.24) is 9.78 Å². The van der Waals surface area contributed by atoms with Crippen molar-refractivity contribution in [2.75, 3.05) is 6.38 Å². The summed E-state index contributed by atoms with van der Waals surface area (Å²) in [4.78, 5) is 13.1. The Morgan fingerprint density at radius 2 is 1.57 bits per heavy atom. The number of carbonyl (C=O) groups excluding carboxylic acids is 1. The van der Waals surface area contributed by atoms with Gasteiger partial charge < -0.3 is 4.74 Å². The summed E-state index contributed by atoms with van der Waals surface area (Å²) in [5, 5.41) is 4.42. The third-order valence-corrected chi connectivity index (χ3v) is 5.41. The van der Waals surface area contributed by atoms with Crippen molar-refractivity contribution in [2.24, 2.45) is 0 Å². The second-order valence-corrected chi connectivity index (χ2v) is 6.96. The molecule has 0 aliphatic carbocycles. The summed E-state index contributed by atoms with van der Waals surface area (Å²) >= 11 is 4.64. The fourth-order valence-corrected chi connectivity index (χ4v) is 3.82. The molecule has 4 rings (SSSR count). The van der Waals surface area contributed by atoms with Gasteiger partial charge in [-0.05, 0) is 30.5 Å².